The minimum atomic E-state index is -0.574. The highest BCUT2D eigenvalue weighted by Gasteiger charge is 2.13. The average Bonchev–Trinajstić information content (AvgIpc) is 2.74. The molecule has 7 heteroatoms. The molecule has 0 saturated carbocycles. The van der Waals surface area contributed by atoms with Gasteiger partial charge < -0.3 is 5.32 Å². The normalized spacial score (nSPS) is 9.78. The Hall–Kier alpha value is -2.46. The maximum atomic E-state index is 10.7. The van der Waals surface area contributed by atoms with Crippen molar-refractivity contribution in [3.63, 3.8) is 0 Å². The summed E-state index contributed by atoms with van der Waals surface area (Å²) < 4.78 is 0. The van der Waals surface area contributed by atoms with Crippen LogP contribution in [0.2, 0.25) is 0 Å². The molecular weight excluding hydrogens is 252 g/mol. The number of nitrogens with zero attached hydrogens (tertiary/aromatic N) is 3. The van der Waals surface area contributed by atoms with E-state index in [9.17, 15) is 10.1 Å². The van der Waals surface area contributed by atoms with Crippen LogP contribution < -0.4 is 5.32 Å². The zero-order chi connectivity index (χ0) is 13.1. The largest absolute Gasteiger partial charge is 0.331 e. The molecule has 1 aromatic heterocycles. The van der Waals surface area contributed by atoms with Gasteiger partial charge >= 0.3 is 0 Å². The molecule has 0 saturated heterocycles. The molecule has 0 unspecified atom stereocenters. The minimum absolute atomic E-state index is 0.0262. The van der Waals surface area contributed by atoms with Crippen LogP contribution in [-0.2, 0) is 0 Å². The molecule has 1 N–H and O–H groups in total. The van der Waals surface area contributed by atoms with Crippen LogP contribution >= 0.6 is 11.3 Å². The second kappa shape index (κ2) is 4.81. The third-order valence-corrected chi connectivity index (χ3v) is 3.06. The third kappa shape index (κ3) is 2.44. The first-order chi connectivity index (χ1) is 8.60. The Bertz CT molecular complexity index is 645. The van der Waals surface area contributed by atoms with Gasteiger partial charge in [0.2, 0.25) is 0 Å². The highest BCUT2D eigenvalue weighted by Crippen LogP contribution is 2.25. The SMILES string of the molecule is Cc1csc(Nc2ccc([N+](=O)[O-])c(C#N)c2)n1. The molecule has 2 aromatic rings. The fourth-order valence-electron chi connectivity index (χ4n) is 1.40. The average molecular weight is 260 g/mol. The summed E-state index contributed by atoms with van der Waals surface area (Å²) in [6, 6.07) is 6.11. The van der Waals surface area contributed by atoms with E-state index in [1.54, 1.807) is 6.07 Å². The monoisotopic (exact) mass is 260 g/mol. The van der Waals surface area contributed by atoms with Gasteiger partial charge in [-0.15, -0.1) is 11.3 Å². The molecule has 0 spiro atoms. The first kappa shape index (κ1) is 12.0. The van der Waals surface area contributed by atoms with Crippen molar-refractivity contribution < 1.29 is 4.92 Å². The van der Waals surface area contributed by atoms with Crippen LogP contribution in [0.15, 0.2) is 23.6 Å². The number of anilines is 2. The van der Waals surface area contributed by atoms with Gasteiger partial charge in [-0.05, 0) is 19.1 Å². The highest BCUT2D eigenvalue weighted by atomic mass is 32.1. The summed E-state index contributed by atoms with van der Waals surface area (Å²) in [5.41, 5.74) is 1.33. The molecule has 0 fully saturated rings. The van der Waals surface area contributed by atoms with E-state index in [4.69, 9.17) is 5.26 Å². The Morgan fingerprint density at radius 2 is 2.33 bits per heavy atom. The molecule has 0 bridgehead atoms. The maximum absolute atomic E-state index is 10.7. The summed E-state index contributed by atoms with van der Waals surface area (Å²) in [4.78, 5) is 14.3. The van der Waals surface area contributed by atoms with Crippen molar-refractivity contribution in [3.05, 3.63) is 45.0 Å². The van der Waals surface area contributed by atoms with Gasteiger partial charge in [0.1, 0.15) is 11.6 Å². The fraction of sp³-hybridized carbons (Fsp3) is 0.0909. The zero-order valence-electron chi connectivity index (χ0n) is 9.38. The Morgan fingerprint density at radius 3 is 2.89 bits per heavy atom. The summed E-state index contributed by atoms with van der Waals surface area (Å²) in [6.45, 7) is 1.87. The third-order valence-electron chi connectivity index (χ3n) is 2.18. The van der Waals surface area contributed by atoms with Gasteiger partial charge in [-0.3, -0.25) is 10.1 Å². The number of aromatic nitrogens is 1. The highest BCUT2D eigenvalue weighted by molar-refractivity contribution is 7.13. The molecule has 0 radical (unpaired) electrons. The Kier molecular flexibility index (Phi) is 3.21. The van der Waals surface area contributed by atoms with Gasteiger partial charge in [0.25, 0.3) is 5.69 Å². The summed E-state index contributed by atoms with van der Waals surface area (Å²) in [5, 5.41) is 25.1. The summed E-state index contributed by atoms with van der Waals surface area (Å²) in [7, 11) is 0. The zero-order valence-corrected chi connectivity index (χ0v) is 10.2. The van der Waals surface area contributed by atoms with Crippen molar-refractivity contribution >= 4 is 27.8 Å². The van der Waals surface area contributed by atoms with E-state index >= 15 is 0 Å². The molecule has 90 valence electrons. The van der Waals surface area contributed by atoms with Crippen molar-refractivity contribution in [1.29, 1.82) is 5.26 Å². The van der Waals surface area contributed by atoms with E-state index in [1.807, 2.05) is 18.4 Å². The molecule has 0 aliphatic carbocycles. The molecular formula is C11H8N4O2S. The number of benzene rings is 1. The number of nitriles is 1. The predicted octanol–water partition coefficient (Wildman–Crippen LogP) is 2.98. The number of rotatable bonds is 3. The number of nitro groups is 1. The fourth-order valence-corrected chi connectivity index (χ4v) is 2.11. The first-order valence-corrected chi connectivity index (χ1v) is 5.86. The number of hydrogen-bond donors (Lipinski definition) is 1. The topological polar surface area (TPSA) is 91.9 Å². The summed E-state index contributed by atoms with van der Waals surface area (Å²) in [5.74, 6) is 0. The van der Waals surface area contributed by atoms with Crippen LogP contribution in [0.4, 0.5) is 16.5 Å². The van der Waals surface area contributed by atoms with Crippen LogP contribution in [0.25, 0.3) is 0 Å². The van der Waals surface area contributed by atoms with Gasteiger partial charge in [0, 0.05) is 17.1 Å². The van der Waals surface area contributed by atoms with Crippen molar-refractivity contribution in [2.24, 2.45) is 0 Å². The predicted molar refractivity (Wildman–Crippen MR) is 67.9 cm³/mol. The van der Waals surface area contributed by atoms with E-state index in [-0.39, 0.29) is 11.3 Å². The van der Waals surface area contributed by atoms with E-state index in [0.29, 0.717) is 10.8 Å². The molecule has 6 nitrogen and oxygen atoms in total. The van der Waals surface area contributed by atoms with Crippen LogP contribution in [0, 0.1) is 28.4 Å². The minimum Gasteiger partial charge on any atom is -0.331 e. The van der Waals surface area contributed by atoms with Crippen molar-refractivity contribution in [3.8, 4) is 6.07 Å². The second-order valence-corrected chi connectivity index (χ2v) is 4.38. The number of thiazole rings is 1. The van der Waals surface area contributed by atoms with Gasteiger partial charge in [-0.25, -0.2) is 4.98 Å². The second-order valence-electron chi connectivity index (χ2n) is 3.52. The molecule has 1 heterocycles. The Labute approximate surface area is 107 Å². The number of hydrogen-bond acceptors (Lipinski definition) is 6. The van der Waals surface area contributed by atoms with Gasteiger partial charge in [-0.2, -0.15) is 5.26 Å². The standard InChI is InChI=1S/C11H8N4O2S/c1-7-6-18-11(13-7)14-9-2-3-10(15(16)17)8(4-9)5-12/h2-4,6H,1H3,(H,13,14). The number of nitro benzene ring substituents is 1. The van der Waals surface area contributed by atoms with Crippen molar-refractivity contribution in [2.75, 3.05) is 5.32 Å². The molecule has 0 aliphatic rings. The lowest BCUT2D eigenvalue weighted by molar-refractivity contribution is -0.385. The molecule has 1 aromatic carbocycles. The smallest absolute Gasteiger partial charge is 0.287 e. The Balaban J connectivity index is 2.31. The summed E-state index contributed by atoms with van der Waals surface area (Å²) >= 11 is 1.43. The van der Waals surface area contributed by atoms with Crippen LogP contribution in [-0.4, -0.2) is 9.91 Å². The lowest BCUT2D eigenvalue weighted by Gasteiger charge is -2.02. The van der Waals surface area contributed by atoms with E-state index in [0.717, 1.165) is 5.69 Å². The lowest BCUT2D eigenvalue weighted by atomic mass is 10.2. The van der Waals surface area contributed by atoms with Crippen LogP contribution in [0.1, 0.15) is 11.3 Å². The molecule has 0 atom stereocenters. The van der Waals surface area contributed by atoms with Crippen LogP contribution in [0.5, 0.6) is 0 Å². The molecule has 2 rings (SSSR count). The van der Waals surface area contributed by atoms with E-state index in [1.165, 1.54) is 23.5 Å². The summed E-state index contributed by atoms with van der Waals surface area (Å²) in [6.07, 6.45) is 0. The number of nitrogens with one attached hydrogen (secondary N) is 1. The van der Waals surface area contributed by atoms with Gasteiger partial charge in [0.15, 0.2) is 5.13 Å². The number of aryl methyl sites for hydroxylation is 1. The van der Waals surface area contributed by atoms with Crippen molar-refractivity contribution in [1.82, 2.24) is 4.98 Å². The molecule has 18 heavy (non-hydrogen) atoms. The molecule has 0 amide bonds. The Morgan fingerprint density at radius 1 is 1.56 bits per heavy atom. The molecule has 0 aliphatic heterocycles. The lowest BCUT2D eigenvalue weighted by Crippen LogP contribution is -1.95. The maximum Gasteiger partial charge on any atom is 0.287 e. The van der Waals surface area contributed by atoms with Gasteiger partial charge in [0.05, 0.1) is 10.6 Å². The van der Waals surface area contributed by atoms with Gasteiger partial charge in [-0.1, -0.05) is 0 Å². The van der Waals surface area contributed by atoms with E-state index < -0.39 is 4.92 Å². The van der Waals surface area contributed by atoms with Crippen LogP contribution in [0.3, 0.4) is 0 Å². The van der Waals surface area contributed by atoms with Crippen molar-refractivity contribution in [2.45, 2.75) is 6.92 Å². The quantitative estimate of drug-likeness (QED) is 0.676. The van der Waals surface area contributed by atoms with E-state index in [2.05, 4.69) is 10.3 Å². The first-order valence-electron chi connectivity index (χ1n) is 4.98.